The van der Waals surface area contributed by atoms with E-state index in [0.29, 0.717) is 25.3 Å². The lowest BCUT2D eigenvalue weighted by molar-refractivity contribution is -0.246. The van der Waals surface area contributed by atoms with E-state index in [1.807, 2.05) is 13.8 Å². The fourth-order valence-corrected chi connectivity index (χ4v) is 4.23. The second-order valence-corrected chi connectivity index (χ2v) is 11.5. The first-order chi connectivity index (χ1) is 14.2. The van der Waals surface area contributed by atoms with E-state index in [4.69, 9.17) is 4.74 Å². The number of nitrogens with zero attached hydrogens (tertiary/aromatic N) is 1. The van der Waals surface area contributed by atoms with Gasteiger partial charge in [0.05, 0.1) is 5.60 Å². The maximum atomic E-state index is 14.7. The van der Waals surface area contributed by atoms with Gasteiger partial charge >= 0.3 is 5.92 Å². The van der Waals surface area contributed by atoms with Gasteiger partial charge in [-0.05, 0) is 79.7 Å². The van der Waals surface area contributed by atoms with Gasteiger partial charge in [0, 0.05) is 23.2 Å². The van der Waals surface area contributed by atoms with Crippen LogP contribution in [0.4, 0.5) is 8.78 Å². The van der Waals surface area contributed by atoms with Gasteiger partial charge in [-0.3, -0.25) is 10.1 Å². The van der Waals surface area contributed by atoms with Crippen LogP contribution in [0.5, 0.6) is 0 Å². The minimum atomic E-state index is -3.72. The number of amides is 1. The van der Waals surface area contributed by atoms with Crippen LogP contribution in [-0.2, 0) is 9.53 Å². The first-order valence-electron chi connectivity index (χ1n) is 11.2. The Morgan fingerprint density at radius 2 is 1.69 bits per heavy atom. The van der Waals surface area contributed by atoms with Crippen molar-refractivity contribution in [3.63, 3.8) is 0 Å². The molecule has 1 rings (SSSR count). The number of halogens is 2. The van der Waals surface area contributed by atoms with Crippen LogP contribution in [0.25, 0.3) is 0 Å². The van der Waals surface area contributed by atoms with E-state index < -0.39 is 47.0 Å². The number of ether oxygens (including phenoxy) is 1. The third-order valence-corrected chi connectivity index (χ3v) is 5.36. The number of hydroxylamine groups is 2. The number of aliphatic hydroxyl groups is 1. The Kier molecular flexibility index (Phi) is 9.42. The Labute approximate surface area is 191 Å². The van der Waals surface area contributed by atoms with Crippen LogP contribution in [-0.4, -0.2) is 62.4 Å². The lowest BCUT2D eigenvalue weighted by Gasteiger charge is -2.51. The van der Waals surface area contributed by atoms with Crippen molar-refractivity contribution in [2.24, 2.45) is 5.92 Å². The van der Waals surface area contributed by atoms with E-state index in [9.17, 15) is 23.9 Å². The Morgan fingerprint density at radius 1 is 1.19 bits per heavy atom. The average Bonchev–Trinajstić information content (AvgIpc) is 2.54. The third kappa shape index (κ3) is 9.02. The van der Waals surface area contributed by atoms with E-state index in [2.05, 4.69) is 10.6 Å². The highest BCUT2D eigenvalue weighted by Crippen LogP contribution is 2.37. The van der Waals surface area contributed by atoms with Crippen molar-refractivity contribution < 1.29 is 28.6 Å². The minimum absolute atomic E-state index is 0.162. The largest absolute Gasteiger partial charge is 0.356 e. The molecule has 4 N–H and O–H groups in total. The summed E-state index contributed by atoms with van der Waals surface area (Å²) in [5.41, 5.74) is -1.95. The topological polar surface area (TPSA) is 94.1 Å². The number of nitrogens with one attached hydrogen (secondary N) is 2. The van der Waals surface area contributed by atoms with Crippen LogP contribution >= 0.6 is 0 Å². The Hall–Kier alpha value is -1.13. The molecular weight excluding hydrogens is 420 g/mol. The summed E-state index contributed by atoms with van der Waals surface area (Å²) >= 11 is 0. The van der Waals surface area contributed by atoms with Gasteiger partial charge in [-0.15, -0.1) is 0 Å². The smallest absolute Gasteiger partial charge is 0.343 e. The second kappa shape index (κ2) is 10.4. The molecule has 7 nitrogen and oxygen atoms in total. The molecule has 1 unspecified atom stereocenters. The molecule has 1 heterocycles. The van der Waals surface area contributed by atoms with E-state index >= 15 is 0 Å². The van der Waals surface area contributed by atoms with Gasteiger partial charge in [0.2, 0.25) is 6.41 Å². The maximum Gasteiger partial charge on any atom is 0.343 e. The third-order valence-electron chi connectivity index (χ3n) is 5.36. The molecule has 0 bridgehead atoms. The van der Waals surface area contributed by atoms with Crippen molar-refractivity contribution in [1.29, 1.82) is 0 Å². The Balaban J connectivity index is 2.87. The van der Waals surface area contributed by atoms with Crippen LogP contribution in [0.15, 0.2) is 12.2 Å². The molecule has 0 aromatic carbocycles. The highest BCUT2D eigenvalue weighted by molar-refractivity contribution is 5.85. The first-order valence-corrected chi connectivity index (χ1v) is 11.2. The molecule has 1 saturated heterocycles. The molecule has 1 aliphatic heterocycles. The fraction of sp³-hybridized carbons (Fsp3) is 0.870. The fourth-order valence-electron chi connectivity index (χ4n) is 4.23. The molecule has 32 heavy (non-hydrogen) atoms. The number of piperidine rings is 1. The van der Waals surface area contributed by atoms with Crippen LogP contribution in [0.1, 0.15) is 81.6 Å². The zero-order chi connectivity index (χ0) is 25.1. The zero-order valence-corrected chi connectivity index (χ0v) is 21.0. The number of carbonyl (C=O) groups is 1. The van der Waals surface area contributed by atoms with Gasteiger partial charge in [0.15, 0.2) is 0 Å². The number of alkyl halides is 2. The molecule has 0 saturated carbocycles. The number of aliphatic hydroxyl groups excluding tert-OH is 1. The second-order valence-electron chi connectivity index (χ2n) is 11.5. The van der Waals surface area contributed by atoms with Crippen molar-refractivity contribution in [2.75, 3.05) is 0 Å². The van der Waals surface area contributed by atoms with Crippen molar-refractivity contribution in [3.05, 3.63) is 12.2 Å². The van der Waals surface area contributed by atoms with E-state index in [1.54, 1.807) is 48.5 Å². The maximum absolute atomic E-state index is 14.7. The summed E-state index contributed by atoms with van der Waals surface area (Å²) < 4.78 is 34.7. The molecule has 1 aliphatic rings. The SMILES string of the molecule is CC(C)C[C@@H](/C=C/C(F)(F)C(=O)NC1CC(C)(C)N(O)C(C)(C)C1)NC(O)OC(C)(C)C. The van der Waals surface area contributed by atoms with Crippen molar-refractivity contribution in [2.45, 2.75) is 123 Å². The van der Waals surface area contributed by atoms with Crippen LogP contribution < -0.4 is 10.6 Å². The summed E-state index contributed by atoms with van der Waals surface area (Å²) in [4.78, 5) is 12.4. The van der Waals surface area contributed by atoms with Crippen molar-refractivity contribution >= 4 is 5.91 Å². The molecule has 2 atom stereocenters. The summed E-state index contributed by atoms with van der Waals surface area (Å²) in [6.45, 7) is 16.4. The molecule has 1 fully saturated rings. The predicted molar refractivity (Wildman–Crippen MR) is 120 cm³/mol. The van der Waals surface area contributed by atoms with Gasteiger partial charge in [-0.25, -0.2) is 0 Å². The number of hydrogen-bond acceptors (Lipinski definition) is 6. The average molecular weight is 464 g/mol. The van der Waals surface area contributed by atoms with Crippen LogP contribution in [0, 0.1) is 5.92 Å². The van der Waals surface area contributed by atoms with Crippen LogP contribution in [0.2, 0.25) is 0 Å². The molecule has 1 amide bonds. The van der Waals surface area contributed by atoms with Gasteiger partial charge in [-0.2, -0.15) is 13.8 Å². The molecule has 0 spiro atoms. The van der Waals surface area contributed by atoms with E-state index in [-0.39, 0.29) is 5.92 Å². The summed E-state index contributed by atoms with van der Waals surface area (Å²) in [6, 6.07) is -1.11. The highest BCUT2D eigenvalue weighted by atomic mass is 19.3. The van der Waals surface area contributed by atoms with E-state index in [1.165, 1.54) is 11.1 Å². The minimum Gasteiger partial charge on any atom is -0.356 e. The molecule has 0 aromatic heterocycles. The molecule has 0 aromatic rings. The molecule has 188 valence electrons. The molecule has 9 heteroatoms. The lowest BCUT2D eigenvalue weighted by Crippen LogP contribution is -2.63. The van der Waals surface area contributed by atoms with Crippen LogP contribution in [0.3, 0.4) is 0 Å². The summed E-state index contributed by atoms with van der Waals surface area (Å²) in [5.74, 6) is -4.95. The number of hydrogen-bond donors (Lipinski definition) is 4. The summed E-state index contributed by atoms with van der Waals surface area (Å²) in [6.07, 6.45) is 1.59. The van der Waals surface area contributed by atoms with Gasteiger partial charge in [0.1, 0.15) is 0 Å². The number of rotatable bonds is 9. The highest BCUT2D eigenvalue weighted by Gasteiger charge is 2.47. The van der Waals surface area contributed by atoms with Gasteiger partial charge < -0.3 is 20.4 Å². The monoisotopic (exact) mass is 463 g/mol. The molecule has 0 aliphatic carbocycles. The Morgan fingerprint density at radius 3 is 2.12 bits per heavy atom. The summed E-state index contributed by atoms with van der Waals surface area (Å²) in [5, 5.41) is 26.9. The predicted octanol–water partition coefficient (Wildman–Crippen LogP) is 3.80. The van der Waals surface area contributed by atoms with Crippen molar-refractivity contribution in [3.8, 4) is 0 Å². The quantitative estimate of drug-likeness (QED) is 0.307. The van der Waals surface area contributed by atoms with Gasteiger partial charge in [0.25, 0.3) is 5.91 Å². The number of carbonyl (C=O) groups excluding carboxylic acids is 1. The van der Waals surface area contributed by atoms with E-state index in [0.717, 1.165) is 0 Å². The zero-order valence-electron chi connectivity index (χ0n) is 21.0. The molecular formula is C23H43F2N3O4. The van der Waals surface area contributed by atoms with Gasteiger partial charge in [-0.1, -0.05) is 19.9 Å². The lowest BCUT2D eigenvalue weighted by atomic mass is 9.79. The van der Waals surface area contributed by atoms with Crippen molar-refractivity contribution in [1.82, 2.24) is 15.7 Å². The first kappa shape index (κ1) is 28.9. The molecule has 0 radical (unpaired) electrons. The standard InChI is InChI=1S/C23H43F2N3O4/c1-15(2)12-16(27-19(30)32-20(3,4)5)10-11-23(24,25)18(29)26-17-13-21(6,7)28(31)22(8,9)14-17/h10-11,15-17,19,27,30-31H,12-14H2,1-9H3,(H,26,29)/b11-10+/t16-,19?/m1/s1. The summed E-state index contributed by atoms with van der Waals surface area (Å²) in [7, 11) is 0. The Bertz CT molecular complexity index is 642. The normalized spacial score (nSPS) is 22.3.